The Hall–Kier alpha value is -1.56. The highest BCUT2D eigenvalue weighted by atomic mass is 14.1. The van der Waals surface area contributed by atoms with Crippen molar-refractivity contribution in [2.24, 2.45) is 0 Å². The molecule has 0 heteroatoms. The second-order valence-corrected chi connectivity index (χ2v) is 4.06. The third-order valence-electron chi connectivity index (χ3n) is 2.58. The zero-order valence-electron chi connectivity index (χ0n) is 9.20. The summed E-state index contributed by atoms with van der Waals surface area (Å²) >= 11 is 0. The van der Waals surface area contributed by atoms with E-state index in [0.717, 1.165) is 0 Å². The summed E-state index contributed by atoms with van der Waals surface area (Å²) in [5.74, 6) is 0.571. The van der Waals surface area contributed by atoms with Crippen molar-refractivity contribution in [2.45, 2.75) is 19.8 Å². The van der Waals surface area contributed by atoms with Crippen molar-refractivity contribution in [1.29, 1.82) is 0 Å². The number of benzene rings is 2. The lowest BCUT2D eigenvalue weighted by molar-refractivity contribution is 0.867. The lowest BCUT2D eigenvalue weighted by Gasteiger charge is -2.07. The van der Waals surface area contributed by atoms with Crippen molar-refractivity contribution in [1.82, 2.24) is 0 Å². The van der Waals surface area contributed by atoms with Crippen LogP contribution in [0.5, 0.6) is 0 Å². The first-order valence-corrected chi connectivity index (χ1v) is 5.34. The van der Waals surface area contributed by atoms with Gasteiger partial charge in [-0.15, -0.1) is 0 Å². The Kier molecular flexibility index (Phi) is 2.86. The van der Waals surface area contributed by atoms with Crippen LogP contribution in [0.1, 0.15) is 25.3 Å². The maximum atomic E-state index is 3.28. The Morgan fingerprint density at radius 1 is 1.00 bits per heavy atom. The summed E-state index contributed by atoms with van der Waals surface area (Å²) in [5.41, 5.74) is 3.79. The predicted octanol–water partition coefficient (Wildman–Crippen LogP) is 4.28. The third kappa shape index (κ3) is 2.27. The lowest BCUT2D eigenvalue weighted by atomic mass is 9.98. The smallest absolute Gasteiger partial charge is 0.00990 e. The Labute approximate surface area is 91.6 Å². The average Bonchev–Trinajstić information content (AvgIpc) is 2.30. The van der Waals surface area contributed by atoms with E-state index in [9.17, 15) is 0 Å². The van der Waals surface area contributed by atoms with Gasteiger partial charge >= 0.3 is 0 Å². The molecule has 15 heavy (non-hydrogen) atoms. The maximum absolute atomic E-state index is 3.28. The van der Waals surface area contributed by atoms with E-state index in [0.29, 0.717) is 5.92 Å². The van der Waals surface area contributed by atoms with E-state index in [1.807, 2.05) is 12.1 Å². The van der Waals surface area contributed by atoms with Gasteiger partial charge in [0.2, 0.25) is 0 Å². The van der Waals surface area contributed by atoms with E-state index < -0.39 is 0 Å². The van der Waals surface area contributed by atoms with Gasteiger partial charge in [0.05, 0.1) is 0 Å². The molecule has 0 saturated heterocycles. The quantitative estimate of drug-likeness (QED) is 0.671. The summed E-state index contributed by atoms with van der Waals surface area (Å²) in [6, 6.07) is 20.1. The van der Waals surface area contributed by atoms with Gasteiger partial charge in [0.15, 0.2) is 0 Å². The molecule has 0 aliphatic heterocycles. The summed E-state index contributed by atoms with van der Waals surface area (Å²) in [6.07, 6.45) is 0. The van der Waals surface area contributed by atoms with Crippen LogP contribution in [0.3, 0.4) is 0 Å². The van der Waals surface area contributed by atoms with E-state index in [1.165, 1.54) is 16.7 Å². The summed E-state index contributed by atoms with van der Waals surface area (Å²) < 4.78 is 0. The molecule has 0 nitrogen and oxygen atoms in total. The maximum Gasteiger partial charge on any atom is -0.00990 e. The zero-order valence-corrected chi connectivity index (χ0v) is 9.20. The van der Waals surface area contributed by atoms with Crippen LogP contribution in [0.2, 0.25) is 0 Å². The van der Waals surface area contributed by atoms with Gasteiger partial charge in [-0.2, -0.15) is 0 Å². The topological polar surface area (TPSA) is 0 Å². The minimum atomic E-state index is 0.571. The van der Waals surface area contributed by atoms with Gasteiger partial charge in [-0.05, 0) is 28.7 Å². The molecule has 0 unspecified atom stereocenters. The molecule has 1 radical (unpaired) electrons. The molecule has 2 rings (SSSR count). The van der Waals surface area contributed by atoms with Crippen LogP contribution < -0.4 is 0 Å². The molecule has 0 aromatic heterocycles. The van der Waals surface area contributed by atoms with Gasteiger partial charge in [-0.3, -0.25) is 0 Å². The number of hydrogen-bond acceptors (Lipinski definition) is 0. The fraction of sp³-hybridized carbons (Fsp3) is 0.200. The Balaban J connectivity index is 2.42. The van der Waals surface area contributed by atoms with Crippen LogP contribution in [0.15, 0.2) is 48.5 Å². The Morgan fingerprint density at radius 3 is 2.40 bits per heavy atom. The van der Waals surface area contributed by atoms with Crippen molar-refractivity contribution in [3.05, 3.63) is 60.2 Å². The average molecular weight is 195 g/mol. The van der Waals surface area contributed by atoms with Crippen molar-refractivity contribution in [3.63, 3.8) is 0 Å². The van der Waals surface area contributed by atoms with E-state index in [-0.39, 0.29) is 0 Å². The molecule has 2 aromatic carbocycles. The van der Waals surface area contributed by atoms with Gasteiger partial charge in [-0.1, -0.05) is 62.4 Å². The van der Waals surface area contributed by atoms with E-state index in [1.54, 1.807) is 0 Å². The van der Waals surface area contributed by atoms with Gasteiger partial charge in [-0.25, -0.2) is 0 Å². The molecular weight excluding hydrogens is 180 g/mol. The Bertz CT molecular complexity index is 427. The predicted molar refractivity (Wildman–Crippen MR) is 64.8 cm³/mol. The molecule has 0 spiro atoms. The highest BCUT2D eigenvalue weighted by molar-refractivity contribution is 5.63. The molecule has 0 atom stereocenters. The first-order valence-electron chi connectivity index (χ1n) is 5.34. The van der Waals surface area contributed by atoms with Crippen molar-refractivity contribution in [3.8, 4) is 11.1 Å². The van der Waals surface area contributed by atoms with Gasteiger partial charge in [0.1, 0.15) is 0 Å². The largest absolute Gasteiger partial charge is 0.0622 e. The Morgan fingerprint density at radius 2 is 1.73 bits per heavy atom. The van der Waals surface area contributed by atoms with Crippen LogP contribution in [0.25, 0.3) is 11.1 Å². The normalized spacial score (nSPS) is 10.6. The molecule has 0 bridgehead atoms. The van der Waals surface area contributed by atoms with Crippen LogP contribution in [0, 0.1) is 6.07 Å². The minimum Gasteiger partial charge on any atom is -0.0622 e. The molecule has 0 saturated carbocycles. The van der Waals surface area contributed by atoms with E-state index in [2.05, 4.69) is 56.3 Å². The molecule has 0 aliphatic carbocycles. The van der Waals surface area contributed by atoms with E-state index in [4.69, 9.17) is 0 Å². The third-order valence-corrected chi connectivity index (χ3v) is 2.58. The molecule has 2 aromatic rings. The molecule has 0 N–H and O–H groups in total. The van der Waals surface area contributed by atoms with Crippen molar-refractivity contribution >= 4 is 0 Å². The minimum absolute atomic E-state index is 0.571. The summed E-state index contributed by atoms with van der Waals surface area (Å²) in [5, 5.41) is 0. The highest BCUT2D eigenvalue weighted by Crippen LogP contribution is 2.22. The molecule has 0 aliphatic rings. The fourth-order valence-electron chi connectivity index (χ4n) is 1.63. The second kappa shape index (κ2) is 4.31. The van der Waals surface area contributed by atoms with E-state index >= 15 is 0 Å². The lowest BCUT2D eigenvalue weighted by Crippen LogP contribution is -1.87. The van der Waals surface area contributed by atoms with Crippen molar-refractivity contribution < 1.29 is 0 Å². The molecule has 0 amide bonds. The van der Waals surface area contributed by atoms with Gasteiger partial charge < -0.3 is 0 Å². The SMILES string of the molecule is CC(C)c1cc[c]c(-c2ccccc2)c1. The second-order valence-electron chi connectivity index (χ2n) is 4.06. The first kappa shape index (κ1) is 9.97. The molecule has 0 fully saturated rings. The van der Waals surface area contributed by atoms with Crippen LogP contribution in [-0.2, 0) is 0 Å². The summed E-state index contributed by atoms with van der Waals surface area (Å²) in [6.45, 7) is 4.42. The van der Waals surface area contributed by atoms with Crippen LogP contribution in [-0.4, -0.2) is 0 Å². The van der Waals surface area contributed by atoms with Gasteiger partial charge in [0, 0.05) is 0 Å². The summed E-state index contributed by atoms with van der Waals surface area (Å²) in [4.78, 5) is 0. The molecule has 75 valence electrons. The summed E-state index contributed by atoms with van der Waals surface area (Å²) in [7, 11) is 0. The number of rotatable bonds is 2. The van der Waals surface area contributed by atoms with Gasteiger partial charge in [0.25, 0.3) is 0 Å². The fourth-order valence-corrected chi connectivity index (χ4v) is 1.63. The highest BCUT2D eigenvalue weighted by Gasteiger charge is 2.01. The molecular formula is C15H15. The van der Waals surface area contributed by atoms with Crippen molar-refractivity contribution in [2.75, 3.05) is 0 Å². The monoisotopic (exact) mass is 195 g/mol. The van der Waals surface area contributed by atoms with Crippen LogP contribution in [0.4, 0.5) is 0 Å². The van der Waals surface area contributed by atoms with Crippen LogP contribution >= 0.6 is 0 Å². The first-order chi connectivity index (χ1) is 7.27. The standard InChI is InChI=1S/C15H15/c1-12(2)14-9-6-10-15(11-14)13-7-4-3-5-8-13/h3-9,11-12H,1-2H3. The molecule has 0 heterocycles. The number of hydrogen-bond donors (Lipinski definition) is 0. The zero-order chi connectivity index (χ0) is 10.7.